The zero-order valence-corrected chi connectivity index (χ0v) is 14.9. The molecule has 25 heavy (non-hydrogen) atoms. The first-order valence-corrected chi connectivity index (χ1v) is 8.32. The maximum absolute atomic E-state index is 12.3. The van der Waals surface area contributed by atoms with Crippen LogP contribution >= 0.6 is 0 Å². The van der Waals surface area contributed by atoms with E-state index < -0.39 is 11.0 Å². The van der Waals surface area contributed by atoms with E-state index in [-0.39, 0.29) is 16.5 Å². The largest absolute Gasteiger partial charge is 0.307 e. The first kappa shape index (κ1) is 17.1. The fraction of sp³-hybridized carbons (Fsp3) is 0.350. The molecule has 0 bridgehead atoms. The molecule has 0 fully saturated rings. The molecule has 0 aliphatic carbocycles. The summed E-state index contributed by atoms with van der Waals surface area (Å²) in [5.74, 6) is -0.0600. The molecule has 130 valence electrons. The minimum absolute atomic E-state index is 0.0455. The van der Waals surface area contributed by atoms with E-state index in [0.29, 0.717) is 6.42 Å². The van der Waals surface area contributed by atoms with E-state index in [1.165, 1.54) is 13.0 Å². The van der Waals surface area contributed by atoms with Gasteiger partial charge in [0.25, 0.3) is 5.69 Å². The number of nitro groups is 1. The maximum Gasteiger partial charge on any atom is 0.269 e. The third-order valence-electron chi connectivity index (χ3n) is 5.14. The minimum Gasteiger partial charge on any atom is -0.307 e. The Hall–Kier alpha value is -2.69. The van der Waals surface area contributed by atoms with Crippen molar-refractivity contribution in [3.63, 3.8) is 0 Å². The van der Waals surface area contributed by atoms with Crippen molar-refractivity contribution in [1.29, 1.82) is 0 Å². The van der Waals surface area contributed by atoms with E-state index in [1.807, 2.05) is 44.2 Å². The molecule has 0 aromatic heterocycles. The van der Waals surface area contributed by atoms with Gasteiger partial charge in [0.05, 0.1) is 4.92 Å². The van der Waals surface area contributed by atoms with E-state index in [4.69, 9.17) is 0 Å². The van der Waals surface area contributed by atoms with Gasteiger partial charge in [-0.1, -0.05) is 37.3 Å². The second-order valence-electron chi connectivity index (χ2n) is 7.50. The number of hydrogen-bond acceptors (Lipinski definition) is 3. The molecule has 1 heterocycles. The van der Waals surface area contributed by atoms with Crippen LogP contribution in [0.4, 0.5) is 11.4 Å². The van der Waals surface area contributed by atoms with Gasteiger partial charge in [-0.15, -0.1) is 0 Å². The molecule has 0 saturated carbocycles. The van der Waals surface area contributed by atoms with Crippen molar-refractivity contribution >= 4 is 17.3 Å². The van der Waals surface area contributed by atoms with Crippen LogP contribution in [0, 0.1) is 10.1 Å². The van der Waals surface area contributed by atoms with Crippen LogP contribution in [-0.4, -0.2) is 16.4 Å². The van der Waals surface area contributed by atoms with Gasteiger partial charge in [0, 0.05) is 35.7 Å². The molecule has 0 spiro atoms. The number of nitrogens with zero attached hydrogens (tertiary/aromatic N) is 2. The number of carbonyl (C=O) groups is 1. The van der Waals surface area contributed by atoms with Crippen LogP contribution in [0.5, 0.6) is 0 Å². The number of hydrogen-bond donors (Lipinski definition) is 0. The average Bonchev–Trinajstić information content (AvgIpc) is 2.54. The molecule has 3 rings (SSSR count). The van der Waals surface area contributed by atoms with E-state index >= 15 is 0 Å². The van der Waals surface area contributed by atoms with Crippen LogP contribution in [0.2, 0.25) is 0 Å². The van der Waals surface area contributed by atoms with Gasteiger partial charge in [0.2, 0.25) is 5.91 Å². The lowest BCUT2D eigenvalue weighted by Crippen LogP contribution is -2.55. The molecular formula is C20H22N2O3. The van der Waals surface area contributed by atoms with Crippen molar-refractivity contribution in [1.82, 2.24) is 0 Å². The summed E-state index contributed by atoms with van der Waals surface area (Å²) in [6, 6.07) is 14.8. The molecule has 1 unspecified atom stereocenters. The molecular weight excluding hydrogens is 316 g/mol. The van der Waals surface area contributed by atoms with Gasteiger partial charge in [0.1, 0.15) is 0 Å². The van der Waals surface area contributed by atoms with E-state index in [0.717, 1.165) is 16.8 Å². The normalized spacial score (nSPS) is 21.5. The molecule has 1 amide bonds. The molecule has 1 aliphatic rings. The van der Waals surface area contributed by atoms with Crippen molar-refractivity contribution in [3.8, 4) is 0 Å². The van der Waals surface area contributed by atoms with Gasteiger partial charge in [-0.3, -0.25) is 14.9 Å². The summed E-state index contributed by atoms with van der Waals surface area (Å²) in [4.78, 5) is 25.0. The van der Waals surface area contributed by atoms with E-state index in [2.05, 4.69) is 6.92 Å². The maximum atomic E-state index is 12.3. The van der Waals surface area contributed by atoms with E-state index in [1.54, 1.807) is 17.0 Å². The van der Waals surface area contributed by atoms with Crippen molar-refractivity contribution in [2.75, 3.05) is 4.90 Å². The fourth-order valence-corrected chi connectivity index (χ4v) is 4.30. The summed E-state index contributed by atoms with van der Waals surface area (Å²) in [6.45, 7) is 7.72. The molecule has 2 aromatic carbocycles. The van der Waals surface area contributed by atoms with Crippen LogP contribution < -0.4 is 4.90 Å². The number of amides is 1. The van der Waals surface area contributed by atoms with Gasteiger partial charge >= 0.3 is 0 Å². The predicted molar refractivity (Wildman–Crippen MR) is 97.8 cm³/mol. The Labute approximate surface area is 147 Å². The number of fused-ring (bicyclic) bond motifs is 1. The highest BCUT2D eigenvalue weighted by atomic mass is 16.6. The Bertz CT molecular complexity index is 845. The summed E-state index contributed by atoms with van der Waals surface area (Å²) < 4.78 is 0. The molecule has 0 saturated heterocycles. The SMILES string of the molecule is CC(=O)N1c2ccc([N+](=O)[O-])cc2C(C)(c2ccccc2)CC1(C)C. The smallest absolute Gasteiger partial charge is 0.269 e. The third kappa shape index (κ3) is 2.69. The van der Waals surface area contributed by atoms with Crippen molar-refractivity contribution < 1.29 is 9.72 Å². The van der Waals surface area contributed by atoms with Crippen LogP contribution in [0.25, 0.3) is 0 Å². The summed E-state index contributed by atoms with van der Waals surface area (Å²) in [6.07, 6.45) is 0.678. The predicted octanol–water partition coefficient (Wildman–Crippen LogP) is 4.44. The Morgan fingerprint density at radius 1 is 1.12 bits per heavy atom. The topological polar surface area (TPSA) is 63.5 Å². The zero-order chi connectivity index (χ0) is 18.4. The van der Waals surface area contributed by atoms with Crippen LogP contribution in [0.3, 0.4) is 0 Å². The number of non-ortho nitro benzene ring substituents is 1. The lowest BCUT2D eigenvalue weighted by molar-refractivity contribution is -0.385. The van der Waals surface area contributed by atoms with Crippen molar-refractivity contribution in [2.45, 2.75) is 45.1 Å². The van der Waals surface area contributed by atoms with Gasteiger partial charge in [0.15, 0.2) is 0 Å². The lowest BCUT2D eigenvalue weighted by Gasteiger charge is -2.51. The Morgan fingerprint density at radius 2 is 1.76 bits per heavy atom. The number of benzene rings is 2. The standard InChI is InChI=1S/C20H22N2O3/c1-14(23)21-18-11-10-16(22(24)25)12-17(18)20(4,13-19(21,2)3)15-8-6-5-7-9-15/h5-12H,13H2,1-4H3. The third-order valence-corrected chi connectivity index (χ3v) is 5.14. The van der Waals surface area contributed by atoms with Crippen LogP contribution in [0.15, 0.2) is 48.5 Å². The second kappa shape index (κ2) is 5.69. The minimum atomic E-state index is -0.419. The molecule has 0 radical (unpaired) electrons. The van der Waals surface area contributed by atoms with Gasteiger partial charge < -0.3 is 4.90 Å². The highest BCUT2D eigenvalue weighted by Crippen LogP contribution is 2.51. The summed E-state index contributed by atoms with van der Waals surface area (Å²) >= 11 is 0. The Kier molecular flexibility index (Phi) is 3.90. The molecule has 1 atom stereocenters. The second-order valence-corrected chi connectivity index (χ2v) is 7.50. The van der Waals surface area contributed by atoms with Crippen LogP contribution in [-0.2, 0) is 10.2 Å². The van der Waals surface area contributed by atoms with Crippen molar-refractivity contribution in [2.24, 2.45) is 0 Å². The van der Waals surface area contributed by atoms with Crippen molar-refractivity contribution in [3.05, 3.63) is 69.8 Å². The highest BCUT2D eigenvalue weighted by molar-refractivity contribution is 5.95. The molecule has 1 aliphatic heterocycles. The molecule has 2 aromatic rings. The van der Waals surface area contributed by atoms with Gasteiger partial charge in [-0.2, -0.15) is 0 Å². The van der Waals surface area contributed by atoms with Gasteiger partial charge in [-0.05, 0) is 37.5 Å². The average molecular weight is 338 g/mol. The molecule has 5 nitrogen and oxygen atoms in total. The Morgan fingerprint density at radius 3 is 2.32 bits per heavy atom. The molecule has 5 heteroatoms. The fourth-order valence-electron chi connectivity index (χ4n) is 4.30. The summed E-state index contributed by atoms with van der Waals surface area (Å²) in [5.41, 5.74) is 1.89. The molecule has 0 N–H and O–H groups in total. The first-order valence-electron chi connectivity index (χ1n) is 8.32. The quantitative estimate of drug-likeness (QED) is 0.601. The number of rotatable bonds is 2. The number of anilines is 1. The number of nitro benzene ring substituents is 1. The monoisotopic (exact) mass is 338 g/mol. The Balaban J connectivity index is 2.32. The summed E-state index contributed by atoms with van der Waals surface area (Å²) in [7, 11) is 0. The zero-order valence-electron chi connectivity index (χ0n) is 14.9. The van der Waals surface area contributed by atoms with Gasteiger partial charge in [-0.25, -0.2) is 0 Å². The number of carbonyl (C=O) groups excluding carboxylic acids is 1. The summed E-state index contributed by atoms with van der Waals surface area (Å²) in [5, 5.41) is 11.3. The highest BCUT2D eigenvalue weighted by Gasteiger charge is 2.47. The lowest BCUT2D eigenvalue weighted by atomic mass is 9.65. The first-order chi connectivity index (χ1) is 11.7. The van der Waals surface area contributed by atoms with Crippen LogP contribution in [0.1, 0.15) is 45.2 Å². The van der Waals surface area contributed by atoms with E-state index in [9.17, 15) is 14.9 Å².